The number of rotatable bonds is 5. The Labute approximate surface area is 181 Å². The predicted octanol–water partition coefficient (Wildman–Crippen LogP) is 6.71. The van der Waals surface area contributed by atoms with Crippen LogP contribution in [0.2, 0.25) is 0 Å². The van der Waals surface area contributed by atoms with E-state index in [1.54, 1.807) is 0 Å². The normalized spacial score (nSPS) is 11.8. The van der Waals surface area contributed by atoms with Crippen LogP contribution in [0.4, 0.5) is 5.13 Å². The van der Waals surface area contributed by atoms with Gasteiger partial charge >= 0.3 is 0 Å². The van der Waals surface area contributed by atoms with Crippen LogP contribution in [-0.4, -0.2) is 10.9 Å². The molecule has 0 radical (unpaired) electrons. The van der Waals surface area contributed by atoms with Crippen LogP contribution in [0.15, 0.2) is 72.8 Å². The number of aromatic nitrogens is 1. The Morgan fingerprint density at radius 3 is 2.00 bits per heavy atom. The smallest absolute Gasteiger partial charge is 0.232 e. The fourth-order valence-corrected chi connectivity index (χ4v) is 4.88. The summed E-state index contributed by atoms with van der Waals surface area (Å²) in [4.78, 5) is 18.1. The van der Waals surface area contributed by atoms with Gasteiger partial charge in [-0.25, -0.2) is 4.98 Å². The first-order valence-electron chi connectivity index (χ1n) is 10.2. The molecule has 1 heterocycles. The van der Waals surface area contributed by atoms with Gasteiger partial charge in [0.1, 0.15) is 0 Å². The lowest BCUT2D eigenvalue weighted by atomic mass is 9.70. The highest BCUT2D eigenvalue weighted by Gasteiger charge is 2.39. The fourth-order valence-electron chi connectivity index (χ4n) is 3.94. The van der Waals surface area contributed by atoms with Gasteiger partial charge in [-0.3, -0.25) is 4.79 Å². The van der Waals surface area contributed by atoms with Crippen molar-refractivity contribution in [1.82, 2.24) is 4.98 Å². The van der Waals surface area contributed by atoms with Crippen LogP contribution in [-0.2, 0) is 4.79 Å². The van der Waals surface area contributed by atoms with Crippen molar-refractivity contribution in [3.63, 3.8) is 0 Å². The zero-order chi connectivity index (χ0) is 21.3. The van der Waals surface area contributed by atoms with Gasteiger partial charge in [0.05, 0.1) is 15.6 Å². The van der Waals surface area contributed by atoms with Crippen molar-refractivity contribution >= 4 is 32.6 Å². The van der Waals surface area contributed by atoms with E-state index in [9.17, 15) is 4.79 Å². The summed E-state index contributed by atoms with van der Waals surface area (Å²) < 4.78 is 1.09. The number of aryl methyl sites for hydroxylation is 2. The van der Waals surface area contributed by atoms with Crippen molar-refractivity contribution < 1.29 is 4.79 Å². The summed E-state index contributed by atoms with van der Waals surface area (Å²) in [5, 5.41) is 3.75. The molecule has 0 spiro atoms. The van der Waals surface area contributed by atoms with E-state index >= 15 is 0 Å². The number of hydrogen-bond acceptors (Lipinski definition) is 3. The number of fused-ring (bicyclic) bond motifs is 1. The van der Waals surface area contributed by atoms with Crippen molar-refractivity contribution in [3.05, 3.63) is 95.1 Å². The maximum absolute atomic E-state index is 13.5. The molecule has 30 heavy (non-hydrogen) atoms. The van der Waals surface area contributed by atoms with E-state index in [-0.39, 0.29) is 11.8 Å². The minimum absolute atomic E-state index is 0.0345. The van der Waals surface area contributed by atoms with Crippen molar-refractivity contribution in [2.75, 3.05) is 5.32 Å². The Kier molecular flexibility index (Phi) is 5.44. The standard InChI is InChI=1S/C26H26N2OS/c1-17-15-21-22(16-18(17)2)30-25(27-21)28-24(29)26(3,4)23(19-11-7-5-8-12-19)20-13-9-6-10-14-20/h5-16,23H,1-4H3,(H,27,28,29). The summed E-state index contributed by atoms with van der Waals surface area (Å²) in [6.45, 7) is 8.20. The van der Waals surface area contributed by atoms with Crippen LogP contribution < -0.4 is 5.32 Å². The molecule has 0 aliphatic rings. The second-order valence-corrected chi connectivity index (χ2v) is 9.38. The molecule has 1 N–H and O–H groups in total. The lowest BCUT2D eigenvalue weighted by Gasteiger charge is -2.33. The largest absolute Gasteiger partial charge is 0.301 e. The molecule has 0 aliphatic carbocycles. The SMILES string of the molecule is Cc1cc2nc(NC(=O)C(C)(C)C(c3ccccc3)c3ccccc3)sc2cc1C. The first-order valence-corrected chi connectivity index (χ1v) is 11.0. The minimum atomic E-state index is -0.674. The number of anilines is 1. The molecule has 0 saturated carbocycles. The zero-order valence-electron chi connectivity index (χ0n) is 17.8. The van der Waals surface area contributed by atoms with Gasteiger partial charge < -0.3 is 5.32 Å². The third kappa shape index (κ3) is 3.88. The highest BCUT2D eigenvalue weighted by atomic mass is 32.1. The molecule has 4 rings (SSSR count). The molecular formula is C26H26N2OS. The highest BCUT2D eigenvalue weighted by molar-refractivity contribution is 7.22. The zero-order valence-corrected chi connectivity index (χ0v) is 18.6. The first kappa shape index (κ1) is 20.3. The molecule has 3 aromatic carbocycles. The van der Waals surface area contributed by atoms with Crippen molar-refractivity contribution in [3.8, 4) is 0 Å². The lowest BCUT2D eigenvalue weighted by Crippen LogP contribution is -2.37. The quantitative estimate of drug-likeness (QED) is 0.394. The monoisotopic (exact) mass is 414 g/mol. The van der Waals surface area contributed by atoms with Crippen LogP contribution in [0.1, 0.15) is 42.0 Å². The van der Waals surface area contributed by atoms with Crippen LogP contribution in [0.5, 0.6) is 0 Å². The maximum atomic E-state index is 13.5. The Bertz CT molecular complexity index is 1100. The molecule has 0 aliphatic heterocycles. The van der Waals surface area contributed by atoms with Gasteiger partial charge in [-0.15, -0.1) is 0 Å². The Balaban J connectivity index is 1.68. The van der Waals surface area contributed by atoms with Crippen molar-refractivity contribution in [2.24, 2.45) is 5.41 Å². The highest BCUT2D eigenvalue weighted by Crippen LogP contribution is 2.42. The average molecular weight is 415 g/mol. The molecular weight excluding hydrogens is 388 g/mol. The molecule has 4 heteroatoms. The summed E-state index contributed by atoms with van der Waals surface area (Å²) in [5.74, 6) is -0.105. The number of nitrogens with one attached hydrogen (secondary N) is 1. The molecule has 1 aromatic heterocycles. The Morgan fingerprint density at radius 1 is 0.900 bits per heavy atom. The molecule has 4 aromatic rings. The van der Waals surface area contributed by atoms with Gasteiger partial charge in [-0.2, -0.15) is 0 Å². The van der Waals surface area contributed by atoms with Gasteiger partial charge in [-0.05, 0) is 48.2 Å². The first-order chi connectivity index (χ1) is 14.4. The van der Waals surface area contributed by atoms with Crippen LogP contribution >= 0.6 is 11.3 Å². The number of carbonyl (C=O) groups excluding carboxylic acids is 1. The van der Waals surface area contributed by atoms with E-state index in [0.717, 1.165) is 21.3 Å². The third-order valence-electron chi connectivity index (χ3n) is 5.80. The van der Waals surface area contributed by atoms with Crippen molar-refractivity contribution in [1.29, 1.82) is 0 Å². The molecule has 0 unspecified atom stereocenters. The molecule has 0 bridgehead atoms. The summed E-state index contributed by atoms with van der Waals surface area (Å²) in [7, 11) is 0. The number of thiazole rings is 1. The van der Waals surface area contributed by atoms with Gasteiger partial charge in [0.15, 0.2) is 5.13 Å². The van der Waals surface area contributed by atoms with Gasteiger partial charge in [0.2, 0.25) is 5.91 Å². The number of nitrogens with zero attached hydrogens (tertiary/aromatic N) is 1. The topological polar surface area (TPSA) is 42.0 Å². The number of benzene rings is 3. The molecule has 0 fully saturated rings. The van der Waals surface area contributed by atoms with Gasteiger partial charge in [0, 0.05) is 5.92 Å². The van der Waals surface area contributed by atoms with Crippen LogP contribution in [0.3, 0.4) is 0 Å². The van der Waals surface area contributed by atoms with Gasteiger partial charge in [-0.1, -0.05) is 85.8 Å². The summed E-state index contributed by atoms with van der Waals surface area (Å²) in [6, 6.07) is 24.7. The van der Waals surface area contributed by atoms with E-state index in [1.807, 2.05) is 50.2 Å². The van der Waals surface area contributed by atoms with E-state index in [2.05, 4.69) is 60.5 Å². The Hall–Kier alpha value is -2.98. The molecule has 0 saturated heterocycles. The third-order valence-corrected chi connectivity index (χ3v) is 6.73. The average Bonchev–Trinajstić information content (AvgIpc) is 3.10. The van der Waals surface area contributed by atoms with E-state index in [1.165, 1.54) is 22.5 Å². The predicted molar refractivity (Wildman–Crippen MR) is 126 cm³/mol. The lowest BCUT2D eigenvalue weighted by molar-refractivity contribution is -0.124. The van der Waals surface area contributed by atoms with Crippen LogP contribution in [0, 0.1) is 19.3 Å². The van der Waals surface area contributed by atoms with E-state index in [4.69, 9.17) is 0 Å². The maximum Gasteiger partial charge on any atom is 0.232 e. The van der Waals surface area contributed by atoms with E-state index < -0.39 is 5.41 Å². The molecule has 3 nitrogen and oxygen atoms in total. The Morgan fingerprint density at radius 2 is 1.43 bits per heavy atom. The molecule has 152 valence electrons. The fraction of sp³-hybridized carbons (Fsp3) is 0.231. The number of carbonyl (C=O) groups is 1. The summed E-state index contributed by atoms with van der Waals surface area (Å²) in [6.07, 6.45) is 0. The van der Waals surface area contributed by atoms with Crippen LogP contribution in [0.25, 0.3) is 10.2 Å². The van der Waals surface area contributed by atoms with Crippen molar-refractivity contribution in [2.45, 2.75) is 33.6 Å². The number of hydrogen-bond donors (Lipinski definition) is 1. The number of amides is 1. The van der Waals surface area contributed by atoms with E-state index in [0.29, 0.717) is 5.13 Å². The van der Waals surface area contributed by atoms with Gasteiger partial charge in [0.25, 0.3) is 0 Å². The minimum Gasteiger partial charge on any atom is -0.301 e. The second-order valence-electron chi connectivity index (χ2n) is 8.35. The summed E-state index contributed by atoms with van der Waals surface area (Å²) >= 11 is 1.52. The summed E-state index contributed by atoms with van der Waals surface area (Å²) in [5.41, 5.74) is 4.95. The second kappa shape index (κ2) is 8.04. The molecule has 1 amide bonds. The molecule has 0 atom stereocenters.